The number of nitriles is 1. The number of hydrogen-bond donors (Lipinski definition) is 1. The Bertz CT molecular complexity index is 1060. The zero-order valence-electron chi connectivity index (χ0n) is 16.3. The Hall–Kier alpha value is -2.44. The minimum atomic E-state index is -3.57. The fourth-order valence-corrected chi connectivity index (χ4v) is 5.77. The molecular weight excluding hydrogens is 424 g/mol. The maximum absolute atomic E-state index is 13.1. The molecule has 1 N–H and O–H groups in total. The molecule has 3 unspecified atom stereocenters. The van der Waals surface area contributed by atoms with Gasteiger partial charge in [0, 0.05) is 43.8 Å². The van der Waals surface area contributed by atoms with Crippen LogP contribution in [0.15, 0.2) is 59.5 Å². The molecule has 1 amide bonds. The van der Waals surface area contributed by atoms with E-state index in [1.165, 1.54) is 0 Å². The number of nitrogens with zero attached hydrogens (tertiary/aromatic N) is 3. The van der Waals surface area contributed by atoms with Gasteiger partial charge in [-0.15, -0.1) is 12.4 Å². The van der Waals surface area contributed by atoms with Gasteiger partial charge in [0.15, 0.2) is 0 Å². The van der Waals surface area contributed by atoms with E-state index in [1.807, 2.05) is 6.07 Å². The summed E-state index contributed by atoms with van der Waals surface area (Å²) in [6.45, 7) is 2.19. The monoisotopic (exact) mass is 446 g/mol. The summed E-state index contributed by atoms with van der Waals surface area (Å²) in [5.41, 5.74) is 0.853. The summed E-state index contributed by atoms with van der Waals surface area (Å²) >= 11 is 0. The van der Waals surface area contributed by atoms with Gasteiger partial charge < -0.3 is 5.32 Å². The molecule has 2 fully saturated rings. The van der Waals surface area contributed by atoms with Crippen LogP contribution >= 0.6 is 12.4 Å². The van der Waals surface area contributed by atoms with E-state index in [1.54, 1.807) is 58.9 Å². The molecule has 3 atom stereocenters. The lowest BCUT2D eigenvalue weighted by atomic mass is 10.1. The van der Waals surface area contributed by atoms with Crippen molar-refractivity contribution in [3.8, 4) is 6.07 Å². The quantitative estimate of drug-likeness (QED) is 0.756. The van der Waals surface area contributed by atoms with Crippen molar-refractivity contribution in [3.63, 3.8) is 0 Å². The fraction of sp³-hybridized carbons (Fsp3) is 0.333. The molecule has 0 radical (unpaired) electrons. The molecular formula is C21H23ClN4O3S. The summed E-state index contributed by atoms with van der Waals surface area (Å²) in [4.78, 5) is 15.0. The van der Waals surface area contributed by atoms with Crippen LogP contribution in [-0.2, 0) is 10.0 Å². The molecule has 2 aromatic carbocycles. The molecule has 0 spiro atoms. The molecule has 158 valence electrons. The van der Waals surface area contributed by atoms with Crippen molar-refractivity contribution < 1.29 is 13.2 Å². The van der Waals surface area contributed by atoms with Gasteiger partial charge in [-0.1, -0.05) is 24.3 Å². The van der Waals surface area contributed by atoms with Crippen molar-refractivity contribution >= 4 is 28.3 Å². The molecule has 9 heteroatoms. The minimum absolute atomic E-state index is 0. The number of amides is 1. The molecule has 0 aliphatic carbocycles. The van der Waals surface area contributed by atoms with Gasteiger partial charge in [-0.05, 0) is 36.8 Å². The molecule has 2 aliphatic rings. The maximum atomic E-state index is 13.1. The summed E-state index contributed by atoms with van der Waals surface area (Å²) in [6, 6.07) is 16.9. The van der Waals surface area contributed by atoms with Gasteiger partial charge in [0.05, 0.1) is 16.5 Å². The number of rotatable bonds is 5. The Labute approximate surface area is 182 Å². The van der Waals surface area contributed by atoms with Crippen LogP contribution in [0.3, 0.4) is 0 Å². The van der Waals surface area contributed by atoms with Crippen molar-refractivity contribution in [2.45, 2.75) is 23.4 Å². The Morgan fingerprint density at radius 1 is 1.13 bits per heavy atom. The average molecular weight is 447 g/mol. The molecule has 2 aromatic rings. The van der Waals surface area contributed by atoms with Crippen LogP contribution in [0.4, 0.5) is 0 Å². The van der Waals surface area contributed by atoms with Crippen molar-refractivity contribution in [1.82, 2.24) is 14.5 Å². The van der Waals surface area contributed by atoms with E-state index < -0.39 is 10.0 Å². The normalized spacial score (nSPS) is 23.2. The molecule has 4 rings (SSSR count). The van der Waals surface area contributed by atoms with E-state index in [-0.39, 0.29) is 30.4 Å². The molecule has 2 heterocycles. The van der Waals surface area contributed by atoms with Gasteiger partial charge in [-0.25, -0.2) is 8.42 Å². The number of piperazine rings is 1. The summed E-state index contributed by atoms with van der Waals surface area (Å²) in [6.07, 6.45) is 0.792. The largest absolute Gasteiger partial charge is 0.350 e. The number of fused-ring (bicyclic) bond motifs is 2. The first-order valence-electron chi connectivity index (χ1n) is 9.58. The van der Waals surface area contributed by atoms with E-state index in [0.29, 0.717) is 35.7 Å². The van der Waals surface area contributed by atoms with Crippen LogP contribution in [-0.4, -0.2) is 61.8 Å². The molecule has 7 nitrogen and oxygen atoms in total. The number of sulfonamides is 1. The second-order valence-electron chi connectivity index (χ2n) is 7.38. The Kier molecular flexibility index (Phi) is 6.78. The molecule has 30 heavy (non-hydrogen) atoms. The highest BCUT2D eigenvalue weighted by Gasteiger charge is 2.44. The maximum Gasteiger partial charge on any atom is 0.251 e. The van der Waals surface area contributed by atoms with E-state index >= 15 is 0 Å². The summed E-state index contributed by atoms with van der Waals surface area (Å²) in [7, 11) is -3.57. The molecule has 2 saturated heterocycles. The topological polar surface area (TPSA) is 93.5 Å². The average Bonchev–Trinajstić information content (AvgIpc) is 3.17. The van der Waals surface area contributed by atoms with Crippen molar-refractivity contribution in [1.29, 1.82) is 5.26 Å². The zero-order valence-corrected chi connectivity index (χ0v) is 17.9. The molecule has 2 aliphatic heterocycles. The first kappa shape index (κ1) is 22.2. The lowest BCUT2D eigenvalue weighted by Crippen LogP contribution is -2.57. The van der Waals surface area contributed by atoms with Crippen LogP contribution in [0.25, 0.3) is 0 Å². The van der Waals surface area contributed by atoms with Gasteiger partial charge in [-0.2, -0.15) is 9.57 Å². The fourth-order valence-electron chi connectivity index (χ4n) is 4.07. The lowest BCUT2D eigenvalue weighted by Gasteiger charge is -2.39. The number of carbonyl (C=O) groups excluding carboxylic acids is 1. The number of carbonyl (C=O) groups is 1. The Morgan fingerprint density at radius 3 is 2.63 bits per heavy atom. The third-order valence-corrected chi connectivity index (χ3v) is 7.54. The number of hydrogen-bond acceptors (Lipinski definition) is 5. The van der Waals surface area contributed by atoms with Crippen molar-refractivity contribution in [2.24, 2.45) is 0 Å². The zero-order chi connectivity index (χ0) is 20.4. The summed E-state index contributed by atoms with van der Waals surface area (Å²) in [5.74, 6) is -0.263. The Balaban J connectivity index is 0.00000256. The molecule has 2 bridgehead atoms. The highest BCUT2D eigenvalue weighted by Crippen LogP contribution is 2.30. The third-order valence-electron chi connectivity index (χ3n) is 5.61. The van der Waals surface area contributed by atoms with Gasteiger partial charge in [0.25, 0.3) is 5.91 Å². The second kappa shape index (κ2) is 9.14. The predicted molar refractivity (Wildman–Crippen MR) is 115 cm³/mol. The van der Waals surface area contributed by atoms with E-state index in [2.05, 4.69) is 10.2 Å². The van der Waals surface area contributed by atoms with Crippen LogP contribution in [0.2, 0.25) is 0 Å². The summed E-state index contributed by atoms with van der Waals surface area (Å²) in [5, 5.41) is 11.9. The van der Waals surface area contributed by atoms with E-state index in [4.69, 9.17) is 5.26 Å². The van der Waals surface area contributed by atoms with Crippen LogP contribution in [0.1, 0.15) is 22.3 Å². The first-order valence-corrected chi connectivity index (χ1v) is 11.0. The standard InChI is InChI=1S/C21H22N4O3S.ClH/c22-12-16-5-4-6-17(11-16)21(26)23-13-19-15-25(18-9-10-24(19)14-18)29(27,28)20-7-2-1-3-8-20;/h1-8,11,18-19H,9-10,13-15H2,(H,23,26);1H. The minimum Gasteiger partial charge on any atom is -0.350 e. The first-order chi connectivity index (χ1) is 14.0. The van der Waals surface area contributed by atoms with Crippen molar-refractivity contribution in [2.75, 3.05) is 26.2 Å². The SMILES string of the molecule is Cl.N#Cc1cccc(C(=O)NCC2CN(S(=O)(=O)c3ccccc3)C3CCN2C3)c1. The van der Waals surface area contributed by atoms with Crippen LogP contribution in [0, 0.1) is 11.3 Å². The summed E-state index contributed by atoms with van der Waals surface area (Å²) < 4.78 is 27.9. The number of halogens is 1. The van der Waals surface area contributed by atoms with Gasteiger partial charge in [0.1, 0.15) is 0 Å². The number of nitrogens with one attached hydrogen (secondary N) is 1. The van der Waals surface area contributed by atoms with E-state index in [9.17, 15) is 13.2 Å². The van der Waals surface area contributed by atoms with Crippen LogP contribution in [0.5, 0.6) is 0 Å². The lowest BCUT2D eigenvalue weighted by molar-refractivity contribution is 0.0915. The van der Waals surface area contributed by atoms with Gasteiger partial charge in [0.2, 0.25) is 10.0 Å². The predicted octanol–water partition coefficient (Wildman–Crippen LogP) is 1.86. The van der Waals surface area contributed by atoms with Gasteiger partial charge >= 0.3 is 0 Å². The van der Waals surface area contributed by atoms with E-state index in [0.717, 1.165) is 13.0 Å². The molecule has 0 aromatic heterocycles. The Morgan fingerprint density at radius 2 is 1.90 bits per heavy atom. The molecule has 0 saturated carbocycles. The number of benzene rings is 2. The van der Waals surface area contributed by atoms with Crippen molar-refractivity contribution in [3.05, 3.63) is 65.7 Å². The highest BCUT2D eigenvalue weighted by atomic mass is 35.5. The van der Waals surface area contributed by atoms with Crippen LogP contribution < -0.4 is 5.32 Å². The highest BCUT2D eigenvalue weighted by molar-refractivity contribution is 7.89. The smallest absolute Gasteiger partial charge is 0.251 e. The van der Waals surface area contributed by atoms with Gasteiger partial charge in [-0.3, -0.25) is 9.69 Å². The third kappa shape index (κ3) is 4.35. The second-order valence-corrected chi connectivity index (χ2v) is 9.27.